The van der Waals surface area contributed by atoms with E-state index in [2.05, 4.69) is 14.9 Å². The number of aliphatic hydroxyl groups excluding tert-OH is 1. The van der Waals surface area contributed by atoms with Gasteiger partial charge in [0.2, 0.25) is 0 Å². The molecule has 1 aromatic heterocycles. The van der Waals surface area contributed by atoms with Gasteiger partial charge in [0.1, 0.15) is 5.82 Å². The zero-order chi connectivity index (χ0) is 12.8. The molecule has 6 nitrogen and oxygen atoms in total. The Morgan fingerprint density at radius 2 is 1.78 bits per heavy atom. The first kappa shape index (κ1) is 13.3. The quantitative estimate of drug-likeness (QED) is 0.713. The summed E-state index contributed by atoms with van der Waals surface area (Å²) in [5.41, 5.74) is 5.57. The Balaban J connectivity index is 1.60. The van der Waals surface area contributed by atoms with E-state index in [-0.39, 0.29) is 6.61 Å². The Kier molecular flexibility index (Phi) is 4.98. The van der Waals surface area contributed by atoms with E-state index in [9.17, 15) is 0 Å². The molecule has 18 heavy (non-hydrogen) atoms. The lowest BCUT2D eigenvalue weighted by atomic mass is 10.3. The van der Waals surface area contributed by atoms with Crippen molar-refractivity contribution in [1.29, 1.82) is 0 Å². The van der Waals surface area contributed by atoms with E-state index < -0.39 is 0 Å². The van der Waals surface area contributed by atoms with E-state index in [4.69, 9.17) is 10.8 Å². The topological polar surface area (TPSA) is 70.5 Å². The average molecular weight is 253 g/mol. The third-order valence-electron chi connectivity index (χ3n) is 3.40. The molecule has 0 unspecified atom stereocenters. The van der Waals surface area contributed by atoms with E-state index in [0.717, 1.165) is 52.2 Å². The number of rotatable bonds is 6. The summed E-state index contributed by atoms with van der Waals surface area (Å²) in [5.74, 6) is 0.590. The van der Waals surface area contributed by atoms with E-state index in [0.29, 0.717) is 5.82 Å². The molecule has 0 radical (unpaired) electrons. The SMILES string of the molecule is Nc1ccn(CCCN2CCN(CCO)CC2)n1. The van der Waals surface area contributed by atoms with Crippen LogP contribution in [0.1, 0.15) is 6.42 Å². The van der Waals surface area contributed by atoms with Gasteiger partial charge in [-0.25, -0.2) is 0 Å². The molecule has 102 valence electrons. The smallest absolute Gasteiger partial charge is 0.145 e. The fraction of sp³-hybridized carbons (Fsp3) is 0.750. The molecule has 6 heteroatoms. The molecule has 0 aromatic carbocycles. The molecule has 1 aliphatic heterocycles. The van der Waals surface area contributed by atoms with Crippen LogP contribution in [0.2, 0.25) is 0 Å². The Morgan fingerprint density at radius 1 is 1.11 bits per heavy atom. The van der Waals surface area contributed by atoms with Crippen LogP contribution in [0.5, 0.6) is 0 Å². The van der Waals surface area contributed by atoms with Gasteiger partial charge >= 0.3 is 0 Å². The third kappa shape index (κ3) is 3.97. The number of aromatic nitrogens is 2. The highest BCUT2D eigenvalue weighted by Crippen LogP contribution is 2.03. The molecule has 1 fully saturated rings. The van der Waals surface area contributed by atoms with Crippen LogP contribution in [0.3, 0.4) is 0 Å². The predicted octanol–water partition coefficient (Wildman–Crippen LogP) is -0.535. The second kappa shape index (κ2) is 6.72. The second-order valence-corrected chi connectivity index (χ2v) is 4.76. The summed E-state index contributed by atoms with van der Waals surface area (Å²) in [7, 11) is 0. The molecule has 0 bridgehead atoms. The van der Waals surface area contributed by atoms with Crippen molar-refractivity contribution in [2.75, 3.05) is 51.6 Å². The van der Waals surface area contributed by atoms with Gasteiger partial charge in [-0.2, -0.15) is 5.10 Å². The number of hydrogen-bond donors (Lipinski definition) is 2. The average Bonchev–Trinajstić information content (AvgIpc) is 2.78. The van der Waals surface area contributed by atoms with E-state index >= 15 is 0 Å². The fourth-order valence-corrected chi connectivity index (χ4v) is 2.34. The van der Waals surface area contributed by atoms with E-state index in [1.54, 1.807) is 0 Å². The molecule has 0 aliphatic carbocycles. The number of aryl methyl sites for hydroxylation is 1. The number of hydrogen-bond acceptors (Lipinski definition) is 5. The number of β-amino-alcohol motifs (C(OH)–C–C–N with tert-alkyl or cyclic N) is 1. The Bertz CT molecular complexity index is 346. The lowest BCUT2D eigenvalue weighted by Gasteiger charge is -2.34. The lowest BCUT2D eigenvalue weighted by Crippen LogP contribution is -2.47. The molecule has 1 aromatic rings. The lowest BCUT2D eigenvalue weighted by molar-refractivity contribution is 0.111. The van der Waals surface area contributed by atoms with Crippen LogP contribution in [0.15, 0.2) is 12.3 Å². The summed E-state index contributed by atoms with van der Waals surface area (Å²) in [6, 6.07) is 1.83. The fourth-order valence-electron chi connectivity index (χ4n) is 2.34. The van der Waals surface area contributed by atoms with Crippen molar-refractivity contribution in [1.82, 2.24) is 19.6 Å². The summed E-state index contributed by atoms with van der Waals surface area (Å²) in [5, 5.41) is 13.0. The van der Waals surface area contributed by atoms with Crippen LogP contribution < -0.4 is 5.73 Å². The summed E-state index contributed by atoms with van der Waals surface area (Å²) in [6.07, 6.45) is 3.02. The molecule has 3 N–H and O–H groups in total. The molecule has 2 rings (SSSR count). The van der Waals surface area contributed by atoms with Gasteiger partial charge in [-0.15, -0.1) is 0 Å². The zero-order valence-electron chi connectivity index (χ0n) is 10.8. The number of anilines is 1. The Morgan fingerprint density at radius 3 is 2.33 bits per heavy atom. The molecular weight excluding hydrogens is 230 g/mol. The number of piperazine rings is 1. The van der Waals surface area contributed by atoms with Crippen LogP contribution in [-0.4, -0.2) is 70.6 Å². The maximum absolute atomic E-state index is 8.88. The number of nitrogen functional groups attached to an aromatic ring is 1. The number of nitrogens with two attached hydrogens (primary N) is 1. The van der Waals surface area contributed by atoms with E-state index in [1.807, 2.05) is 16.9 Å². The molecule has 2 heterocycles. The van der Waals surface area contributed by atoms with Crippen molar-refractivity contribution in [2.24, 2.45) is 0 Å². The standard InChI is InChI=1S/C12H23N5O/c13-12-2-5-17(14-12)4-1-3-15-6-8-16(9-7-15)10-11-18/h2,5,18H,1,3-4,6-11H2,(H2,13,14). The summed E-state index contributed by atoms with van der Waals surface area (Å²) in [4.78, 5) is 4.78. The van der Waals surface area contributed by atoms with Crippen molar-refractivity contribution in [3.8, 4) is 0 Å². The second-order valence-electron chi connectivity index (χ2n) is 4.76. The summed E-state index contributed by atoms with van der Waals surface area (Å²) < 4.78 is 1.90. The minimum absolute atomic E-state index is 0.265. The molecule has 0 amide bonds. The molecule has 1 saturated heterocycles. The number of aliphatic hydroxyl groups is 1. The Labute approximate surface area is 108 Å². The van der Waals surface area contributed by atoms with Gasteiger partial charge in [-0.1, -0.05) is 0 Å². The van der Waals surface area contributed by atoms with Gasteiger partial charge in [0.15, 0.2) is 0 Å². The first-order valence-electron chi connectivity index (χ1n) is 6.62. The van der Waals surface area contributed by atoms with Crippen molar-refractivity contribution >= 4 is 5.82 Å². The van der Waals surface area contributed by atoms with E-state index in [1.165, 1.54) is 0 Å². The van der Waals surface area contributed by atoms with Gasteiger partial charge < -0.3 is 15.7 Å². The van der Waals surface area contributed by atoms with Crippen molar-refractivity contribution in [2.45, 2.75) is 13.0 Å². The highest BCUT2D eigenvalue weighted by atomic mass is 16.3. The van der Waals surface area contributed by atoms with Crippen LogP contribution >= 0.6 is 0 Å². The van der Waals surface area contributed by atoms with Crippen molar-refractivity contribution in [3.63, 3.8) is 0 Å². The minimum Gasteiger partial charge on any atom is -0.395 e. The van der Waals surface area contributed by atoms with Crippen LogP contribution in [-0.2, 0) is 6.54 Å². The van der Waals surface area contributed by atoms with Crippen LogP contribution in [0.4, 0.5) is 5.82 Å². The van der Waals surface area contributed by atoms with Gasteiger partial charge in [0.25, 0.3) is 0 Å². The summed E-state index contributed by atoms with van der Waals surface area (Å²) >= 11 is 0. The largest absolute Gasteiger partial charge is 0.395 e. The highest BCUT2D eigenvalue weighted by Gasteiger charge is 2.15. The molecule has 0 saturated carbocycles. The van der Waals surface area contributed by atoms with Gasteiger partial charge in [0, 0.05) is 45.5 Å². The first-order valence-corrected chi connectivity index (χ1v) is 6.62. The molecule has 0 spiro atoms. The third-order valence-corrected chi connectivity index (χ3v) is 3.40. The summed E-state index contributed by atoms with van der Waals surface area (Å²) in [6.45, 7) is 7.43. The van der Waals surface area contributed by atoms with Crippen molar-refractivity contribution in [3.05, 3.63) is 12.3 Å². The first-order chi connectivity index (χ1) is 8.78. The normalized spacial score (nSPS) is 18.3. The maximum atomic E-state index is 8.88. The van der Waals surface area contributed by atoms with Gasteiger partial charge in [0.05, 0.1) is 6.61 Å². The van der Waals surface area contributed by atoms with Crippen molar-refractivity contribution < 1.29 is 5.11 Å². The van der Waals surface area contributed by atoms with Gasteiger partial charge in [-0.05, 0) is 19.0 Å². The minimum atomic E-state index is 0.265. The predicted molar refractivity (Wildman–Crippen MR) is 71.2 cm³/mol. The molecular formula is C12H23N5O. The van der Waals surface area contributed by atoms with Crippen LogP contribution in [0.25, 0.3) is 0 Å². The number of nitrogens with zero attached hydrogens (tertiary/aromatic N) is 4. The molecule has 1 aliphatic rings. The Hall–Kier alpha value is -1.11. The molecule has 0 atom stereocenters. The zero-order valence-corrected chi connectivity index (χ0v) is 10.8. The van der Waals surface area contributed by atoms with Crippen LogP contribution in [0, 0.1) is 0 Å². The monoisotopic (exact) mass is 253 g/mol. The highest BCUT2D eigenvalue weighted by molar-refractivity contribution is 5.23. The van der Waals surface area contributed by atoms with Gasteiger partial charge in [-0.3, -0.25) is 9.58 Å². The maximum Gasteiger partial charge on any atom is 0.145 e.